The van der Waals surface area contributed by atoms with Gasteiger partial charge in [-0.25, -0.2) is 0 Å². The summed E-state index contributed by atoms with van der Waals surface area (Å²) in [5.41, 5.74) is 0. The smallest absolute Gasteiger partial charge is 0.307 e. The summed E-state index contributed by atoms with van der Waals surface area (Å²) in [5.74, 6) is -1.75. The van der Waals surface area contributed by atoms with Crippen molar-refractivity contribution in [2.75, 3.05) is 6.54 Å². The second-order valence-electron chi connectivity index (χ2n) is 5.94. The number of benzene rings is 1. The molecule has 2 unspecified atom stereocenters. The first-order valence-electron chi connectivity index (χ1n) is 7.34. The van der Waals surface area contributed by atoms with Gasteiger partial charge in [0, 0.05) is 16.2 Å². The molecule has 2 saturated carbocycles. The minimum Gasteiger partial charge on any atom is -0.481 e. The maximum absolute atomic E-state index is 12.1. The number of carbonyl (C=O) groups excluding carboxylic acids is 1. The summed E-state index contributed by atoms with van der Waals surface area (Å²) in [6, 6.07) is 10.2. The van der Waals surface area contributed by atoms with E-state index in [4.69, 9.17) is 5.11 Å². The summed E-state index contributed by atoms with van der Waals surface area (Å²) in [5, 5.41) is 12.0. The Morgan fingerprint density at radius 3 is 2.38 bits per heavy atom. The molecule has 2 aliphatic carbocycles. The zero-order valence-corrected chi connectivity index (χ0v) is 12.6. The molecular weight excluding hydrogens is 286 g/mol. The molecule has 2 aliphatic rings. The molecule has 2 atom stereocenters. The molecule has 4 nitrogen and oxygen atoms in total. The molecule has 1 aromatic carbocycles. The van der Waals surface area contributed by atoms with Crippen molar-refractivity contribution in [2.45, 2.75) is 35.3 Å². The third kappa shape index (κ3) is 3.23. The van der Waals surface area contributed by atoms with Gasteiger partial charge < -0.3 is 10.4 Å². The van der Waals surface area contributed by atoms with Crippen molar-refractivity contribution < 1.29 is 14.7 Å². The molecule has 5 heteroatoms. The van der Waals surface area contributed by atoms with Gasteiger partial charge in [-0.3, -0.25) is 9.59 Å². The monoisotopic (exact) mass is 305 g/mol. The van der Waals surface area contributed by atoms with Gasteiger partial charge in [-0.15, -0.1) is 11.8 Å². The van der Waals surface area contributed by atoms with Crippen LogP contribution in [0.15, 0.2) is 35.2 Å². The highest BCUT2D eigenvalue weighted by Crippen LogP contribution is 2.51. The number of nitrogens with one attached hydrogen (secondary N) is 1. The SMILES string of the molecule is O=C(O)C1CCC1C(=O)NCC1(Sc2ccccc2)CC1. The van der Waals surface area contributed by atoms with Crippen LogP contribution in [0.5, 0.6) is 0 Å². The fraction of sp³-hybridized carbons (Fsp3) is 0.500. The average molecular weight is 305 g/mol. The van der Waals surface area contributed by atoms with Crippen molar-refractivity contribution in [3.05, 3.63) is 30.3 Å². The molecule has 0 bridgehead atoms. The third-order valence-electron chi connectivity index (χ3n) is 4.40. The number of carboxylic acid groups (broad SMARTS) is 1. The van der Waals surface area contributed by atoms with Gasteiger partial charge in [0.25, 0.3) is 0 Å². The van der Waals surface area contributed by atoms with E-state index in [1.165, 1.54) is 4.90 Å². The Morgan fingerprint density at radius 1 is 1.19 bits per heavy atom. The number of rotatable bonds is 6. The lowest BCUT2D eigenvalue weighted by molar-refractivity contribution is -0.152. The van der Waals surface area contributed by atoms with Gasteiger partial charge >= 0.3 is 5.97 Å². The van der Waals surface area contributed by atoms with E-state index < -0.39 is 11.9 Å². The lowest BCUT2D eigenvalue weighted by Gasteiger charge is -2.32. The van der Waals surface area contributed by atoms with Crippen LogP contribution in [-0.4, -0.2) is 28.3 Å². The summed E-state index contributed by atoms with van der Waals surface area (Å²) in [7, 11) is 0. The van der Waals surface area contributed by atoms with Gasteiger partial charge in [-0.05, 0) is 37.8 Å². The highest BCUT2D eigenvalue weighted by atomic mass is 32.2. The first-order chi connectivity index (χ1) is 10.1. The van der Waals surface area contributed by atoms with Gasteiger partial charge in [0.15, 0.2) is 0 Å². The van der Waals surface area contributed by atoms with Crippen LogP contribution in [0.1, 0.15) is 25.7 Å². The number of aliphatic carboxylic acids is 1. The van der Waals surface area contributed by atoms with E-state index in [1.807, 2.05) is 30.0 Å². The summed E-state index contributed by atoms with van der Waals surface area (Å²) in [6.45, 7) is 0.633. The van der Waals surface area contributed by atoms with E-state index in [1.54, 1.807) is 0 Å². The van der Waals surface area contributed by atoms with E-state index in [0.717, 1.165) is 12.8 Å². The lowest BCUT2D eigenvalue weighted by Crippen LogP contribution is -2.45. The zero-order valence-electron chi connectivity index (χ0n) is 11.7. The first kappa shape index (κ1) is 14.4. The van der Waals surface area contributed by atoms with Crippen LogP contribution >= 0.6 is 11.8 Å². The summed E-state index contributed by atoms with van der Waals surface area (Å²) >= 11 is 1.81. The molecule has 0 radical (unpaired) electrons. The van der Waals surface area contributed by atoms with Gasteiger partial charge in [-0.2, -0.15) is 0 Å². The Bertz CT molecular complexity index is 542. The Hall–Kier alpha value is -1.49. The van der Waals surface area contributed by atoms with Crippen LogP contribution in [0.3, 0.4) is 0 Å². The number of hydrogen-bond donors (Lipinski definition) is 2. The Balaban J connectivity index is 1.51. The van der Waals surface area contributed by atoms with E-state index in [2.05, 4.69) is 17.4 Å². The molecule has 0 aliphatic heterocycles. The zero-order chi connectivity index (χ0) is 14.9. The van der Waals surface area contributed by atoms with E-state index >= 15 is 0 Å². The molecule has 0 aromatic heterocycles. The van der Waals surface area contributed by atoms with Crippen molar-refractivity contribution in [3.8, 4) is 0 Å². The van der Waals surface area contributed by atoms with E-state index in [9.17, 15) is 9.59 Å². The standard InChI is InChI=1S/C16H19NO3S/c18-14(12-6-7-13(12)15(19)20)17-10-16(8-9-16)21-11-4-2-1-3-5-11/h1-5,12-13H,6-10H2,(H,17,18)(H,19,20). The Kier molecular flexibility index (Phi) is 3.93. The van der Waals surface area contributed by atoms with E-state index in [-0.39, 0.29) is 16.6 Å². The number of carbonyl (C=O) groups is 2. The maximum atomic E-state index is 12.1. The normalized spacial score (nSPS) is 25.7. The molecule has 21 heavy (non-hydrogen) atoms. The number of amides is 1. The fourth-order valence-corrected chi connectivity index (χ4v) is 3.93. The summed E-state index contributed by atoms with van der Waals surface area (Å²) < 4.78 is 0.111. The van der Waals surface area contributed by atoms with Crippen molar-refractivity contribution in [1.29, 1.82) is 0 Å². The largest absolute Gasteiger partial charge is 0.481 e. The average Bonchev–Trinajstić information content (AvgIpc) is 3.16. The predicted octanol–water partition coefficient (Wildman–Crippen LogP) is 2.54. The summed E-state index contributed by atoms with van der Waals surface area (Å²) in [6.07, 6.45) is 3.51. The van der Waals surface area contributed by atoms with Crippen LogP contribution in [0.2, 0.25) is 0 Å². The molecule has 2 N–H and O–H groups in total. The van der Waals surface area contributed by atoms with Crippen molar-refractivity contribution in [2.24, 2.45) is 11.8 Å². The maximum Gasteiger partial charge on any atom is 0.307 e. The molecule has 0 spiro atoms. The molecule has 0 saturated heterocycles. The van der Waals surface area contributed by atoms with Gasteiger partial charge in [0.1, 0.15) is 0 Å². The van der Waals surface area contributed by atoms with Gasteiger partial charge in [-0.1, -0.05) is 18.2 Å². The minimum absolute atomic E-state index is 0.0893. The second kappa shape index (κ2) is 5.72. The molecule has 2 fully saturated rings. The van der Waals surface area contributed by atoms with Crippen LogP contribution in [0, 0.1) is 11.8 Å². The van der Waals surface area contributed by atoms with Gasteiger partial charge in [0.2, 0.25) is 5.91 Å². The topological polar surface area (TPSA) is 66.4 Å². The fourth-order valence-electron chi connectivity index (χ4n) is 2.68. The Morgan fingerprint density at radius 2 is 1.86 bits per heavy atom. The van der Waals surface area contributed by atoms with Crippen molar-refractivity contribution in [3.63, 3.8) is 0 Å². The lowest BCUT2D eigenvalue weighted by atomic mass is 9.73. The Labute approximate surface area is 128 Å². The molecule has 1 aromatic rings. The third-order valence-corrected chi connectivity index (χ3v) is 5.89. The first-order valence-corrected chi connectivity index (χ1v) is 8.16. The van der Waals surface area contributed by atoms with Crippen LogP contribution in [0.25, 0.3) is 0 Å². The minimum atomic E-state index is -0.846. The molecule has 1 amide bonds. The van der Waals surface area contributed by atoms with Gasteiger partial charge in [0.05, 0.1) is 11.8 Å². The number of thioether (sulfide) groups is 1. The molecule has 3 rings (SSSR count). The highest BCUT2D eigenvalue weighted by Gasteiger charge is 2.46. The number of carboxylic acids is 1. The predicted molar refractivity (Wildman–Crippen MR) is 81.1 cm³/mol. The van der Waals surface area contributed by atoms with Crippen LogP contribution in [-0.2, 0) is 9.59 Å². The molecule has 112 valence electrons. The molecular formula is C16H19NO3S. The highest BCUT2D eigenvalue weighted by molar-refractivity contribution is 8.01. The van der Waals surface area contributed by atoms with Crippen molar-refractivity contribution in [1.82, 2.24) is 5.32 Å². The summed E-state index contributed by atoms with van der Waals surface area (Å²) in [4.78, 5) is 24.3. The van der Waals surface area contributed by atoms with Crippen molar-refractivity contribution >= 4 is 23.6 Å². The second-order valence-corrected chi connectivity index (χ2v) is 7.49. The number of hydrogen-bond acceptors (Lipinski definition) is 3. The van der Waals surface area contributed by atoms with E-state index in [0.29, 0.717) is 19.4 Å². The van der Waals surface area contributed by atoms with Crippen LogP contribution < -0.4 is 5.32 Å². The quantitative estimate of drug-likeness (QED) is 0.847. The molecule has 0 heterocycles. The van der Waals surface area contributed by atoms with Crippen LogP contribution in [0.4, 0.5) is 0 Å².